The summed E-state index contributed by atoms with van der Waals surface area (Å²) >= 11 is 0. The number of aromatic nitrogens is 2. The molecule has 0 bridgehead atoms. The number of amides is 2. The van der Waals surface area contributed by atoms with Crippen LogP contribution in [0.3, 0.4) is 0 Å². The standard InChI is InChI=1S/C18H24N4O/c1-4-19-17(23)21-15-10-18(2,3)11-16-14(15)12-20-22(16)13-8-6-5-7-9-13/h5-9,12,15H,4,10-11H2,1-3H3,(H2,19,21,23)/t15-/m0/s1. The molecule has 5 nitrogen and oxygen atoms in total. The number of nitrogens with one attached hydrogen (secondary N) is 2. The highest BCUT2D eigenvalue weighted by Crippen LogP contribution is 2.41. The monoisotopic (exact) mass is 312 g/mol. The van der Waals surface area contributed by atoms with Gasteiger partial charge in [-0.1, -0.05) is 32.0 Å². The molecule has 1 aromatic carbocycles. The van der Waals surface area contributed by atoms with Crippen LogP contribution in [0, 0.1) is 5.41 Å². The molecular formula is C18H24N4O. The highest BCUT2D eigenvalue weighted by atomic mass is 16.2. The Balaban J connectivity index is 1.96. The van der Waals surface area contributed by atoms with Crippen LogP contribution in [0.25, 0.3) is 5.69 Å². The van der Waals surface area contributed by atoms with E-state index >= 15 is 0 Å². The maximum atomic E-state index is 12.0. The fraction of sp³-hybridized carbons (Fsp3) is 0.444. The van der Waals surface area contributed by atoms with Gasteiger partial charge in [-0.25, -0.2) is 9.48 Å². The van der Waals surface area contributed by atoms with E-state index in [9.17, 15) is 4.79 Å². The molecule has 2 N–H and O–H groups in total. The summed E-state index contributed by atoms with van der Waals surface area (Å²) in [5.41, 5.74) is 3.49. The lowest BCUT2D eigenvalue weighted by molar-refractivity contribution is 0.221. The summed E-state index contributed by atoms with van der Waals surface area (Å²) in [6.07, 6.45) is 3.76. The smallest absolute Gasteiger partial charge is 0.315 e. The van der Waals surface area contributed by atoms with Crippen molar-refractivity contribution in [3.8, 4) is 5.69 Å². The number of para-hydroxylation sites is 1. The quantitative estimate of drug-likeness (QED) is 0.914. The summed E-state index contributed by atoms with van der Waals surface area (Å²) < 4.78 is 2.00. The lowest BCUT2D eigenvalue weighted by atomic mass is 9.74. The first kappa shape index (κ1) is 15.6. The number of carbonyl (C=O) groups excluding carboxylic acids is 1. The average molecular weight is 312 g/mol. The molecule has 2 aromatic rings. The van der Waals surface area contributed by atoms with Gasteiger partial charge in [-0.05, 0) is 37.3 Å². The number of rotatable bonds is 3. The van der Waals surface area contributed by atoms with Crippen molar-refractivity contribution < 1.29 is 4.79 Å². The minimum absolute atomic E-state index is 0.00207. The summed E-state index contributed by atoms with van der Waals surface area (Å²) in [5.74, 6) is 0. The SMILES string of the molecule is CCNC(=O)N[C@H]1CC(C)(C)Cc2c1cnn2-c1ccccc1. The third-order valence-corrected chi connectivity index (χ3v) is 4.32. The van der Waals surface area contributed by atoms with Crippen LogP contribution in [0.4, 0.5) is 4.79 Å². The molecule has 1 heterocycles. The average Bonchev–Trinajstić information content (AvgIpc) is 2.90. The number of nitrogens with zero attached hydrogens (tertiary/aromatic N) is 2. The van der Waals surface area contributed by atoms with E-state index < -0.39 is 0 Å². The van der Waals surface area contributed by atoms with Crippen LogP contribution in [0.5, 0.6) is 0 Å². The van der Waals surface area contributed by atoms with E-state index in [0.717, 1.165) is 24.1 Å². The van der Waals surface area contributed by atoms with Crippen LogP contribution in [0.2, 0.25) is 0 Å². The van der Waals surface area contributed by atoms with E-state index in [-0.39, 0.29) is 17.5 Å². The zero-order chi connectivity index (χ0) is 16.4. The van der Waals surface area contributed by atoms with E-state index in [1.54, 1.807) is 0 Å². The zero-order valence-electron chi connectivity index (χ0n) is 14.0. The predicted molar refractivity (Wildman–Crippen MR) is 90.6 cm³/mol. The van der Waals surface area contributed by atoms with Gasteiger partial charge in [0, 0.05) is 12.1 Å². The van der Waals surface area contributed by atoms with Crippen molar-refractivity contribution in [2.45, 2.75) is 39.7 Å². The van der Waals surface area contributed by atoms with Crippen LogP contribution < -0.4 is 10.6 Å². The molecule has 0 saturated heterocycles. The van der Waals surface area contributed by atoms with Crippen LogP contribution in [-0.2, 0) is 6.42 Å². The molecule has 5 heteroatoms. The van der Waals surface area contributed by atoms with Crippen LogP contribution in [-0.4, -0.2) is 22.4 Å². The first-order chi connectivity index (χ1) is 11.0. The van der Waals surface area contributed by atoms with Gasteiger partial charge in [-0.2, -0.15) is 5.10 Å². The maximum absolute atomic E-state index is 12.0. The van der Waals surface area contributed by atoms with E-state index in [2.05, 4.69) is 41.7 Å². The molecule has 1 aromatic heterocycles. The third-order valence-electron chi connectivity index (χ3n) is 4.32. The highest BCUT2D eigenvalue weighted by molar-refractivity contribution is 5.74. The van der Waals surface area contributed by atoms with Crippen molar-refractivity contribution in [3.63, 3.8) is 0 Å². The number of fused-ring (bicyclic) bond motifs is 1. The Morgan fingerprint density at radius 1 is 1.35 bits per heavy atom. The van der Waals surface area contributed by atoms with Crippen LogP contribution >= 0.6 is 0 Å². The van der Waals surface area contributed by atoms with Gasteiger partial charge in [0.15, 0.2) is 0 Å². The Bertz CT molecular complexity index is 690. The molecule has 0 unspecified atom stereocenters. The first-order valence-electron chi connectivity index (χ1n) is 8.17. The normalized spacial score (nSPS) is 19.0. The Morgan fingerprint density at radius 3 is 2.78 bits per heavy atom. The van der Waals surface area contributed by atoms with Gasteiger partial charge in [-0.15, -0.1) is 0 Å². The third kappa shape index (κ3) is 3.23. The predicted octanol–water partition coefficient (Wildman–Crippen LogP) is 3.20. The minimum atomic E-state index is -0.117. The molecule has 0 aliphatic heterocycles. The largest absolute Gasteiger partial charge is 0.338 e. The van der Waals surface area contributed by atoms with Gasteiger partial charge >= 0.3 is 6.03 Å². The zero-order valence-corrected chi connectivity index (χ0v) is 14.0. The van der Waals surface area contributed by atoms with Crippen molar-refractivity contribution >= 4 is 6.03 Å². The molecule has 1 aliphatic rings. The summed E-state index contributed by atoms with van der Waals surface area (Å²) in [6, 6.07) is 10.0. The van der Waals surface area contributed by atoms with Crippen molar-refractivity contribution in [1.29, 1.82) is 0 Å². The Labute approximate surface area is 137 Å². The second-order valence-corrected chi connectivity index (χ2v) is 6.90. The van der Waals surface area contributed by atoms with Gasteiger partial charge in [0.05, 0.1) is 23.6 Å². The number of hydrogen-bond acceptors (Lipinski definition) is 2. The Kier molecular flexibility index (Phi) is 4.11. The molecule has 23 heavy (non-hydrogen) atoms. The molecule has 1 aliphatic carbocycles. The van der Waals surface area contributed by atoms with Gasteiger partial charge in [0.1, 0.15) is 0 Å². The topological polar surface area (TPSA) is 59.0 Å². The van der Waals surface area contributed by atoms with Crippen molar-refractivity contribution in [2.24, 2.45) is 5.41 Å². The molecule has 0 saturated carbocycles. The molecule has 0 radical (unpaired) electrons. The summed E-state index contributed by atoms with van der Waals surface area (Å²) in [4.78, 5) is 12.0. The summed E-state index contributed by atoms with van der Waals surface area (Å²) in [6.45, 7) is 7.02. The number of urea groups is 1. The summed E-state index contributed by atoms with van der Waals surface area (Å²) in [7, 11) is 0. The van der Waals surface area contributed by atoms with Crippen LogP contribution in [0.1, 0.15) is 44.5 Å². The van der Waals surface area contributed by atoms with Gasteiger partial charge in [0.2, 0.25) is 0 Å². The van der Waals surface area contributed by atoms with Gasteiger partial charge in [0.25, 0.3) is 0 Å². The molecule has 0 spiro atoms. The van der Waals surface area contributed by atoms with E-state index in [0.29, 0.717) is 6.54 Å². The maximum Gasteiger partial charge on any atom is 0.315 e. The molecule has 3 rings (SSSR count). The van der Waals surface area contributed by atoms with Gasteiger partial charge < -0.3 is 10.6 Å². The fourth-order valence-electron chi connectivity index (χ4n) is 3.33. The Morgan fingerprint density at radius 2 is 2.09 bits per heavy atom. The van der Waals surface area contributed by atoms with Crippen molar-refractivity contribution in [3.05, 3.63) is 47.8 Å². The minimum Gasteiger partial charge on any atom is -0.338 e. The van der Waals surface area contributed by atoms with E-state index in [1.807, 2.05) is 36.0 Å². The van der Waals surface area contributed by atoms with Crippen molar-refractivity contribution in [1.82, 2.24) is 20.4 Å². The van der Waals surface area contributed by atoms with Crippen molar-refractivity contribution in [2.75, 3.05) is 6.54 Å². The van der Waals surface area contributed by atoms with E-state index in [1.165, 1.54) is 5.69 Å². The second-order valence-electron chi connectivity index (χ2n) is 6.90. The highest BCUT2D eigenvalue weighted by Gasteiger charge is 2.35. The molecule has 2 amide bonds. The molecule has 122 valence electrons. The fourth-order valence-corrected chi connectivity index (χ4v) is 3.33. The molecular weight excluding hydrogens is 288 g/mol. The number of benzene rings is 1. The first-order valence-corrected chi connectivity index (χ1v) is 8.17. The molecule has 1 atom stereocenters. The lowest BCUT2D eigenvalue weighted by Crippen LogP contribution is -2.41. The van der Waals surface area contributed by atoms with Gasteiger partial charge in [-0.3, -0.25) is 0 Å². The van der Waals surface area contributed by atoms with Crippen LogP contribution in [0.15, 0.2) is 36.5 Å². The number of hydrogen-bond donors (Lipinski definition) is 2. The Hall–Kier alpha value is -2.30. The number of carbonyl (C=O) groups is 1. The summed E-state index contributed by atoms with van der Waals surface area (Å²) in [5, 5.41) is 10.5. The van der Waals surface area contributed by atoms with E-state index in [4.69, 9.17) is 0 Å². The lowest BCUT2D eigenvalue weighted by Gasteiger charge is -2.35. The molecule has 0 fully saturated rings. The second kappa shape index (κ2) is 6.07.